The third kappa shape index (κ3) is 5.48. The van der Waals surface area contributed by atoms with Crippen LogP contribution in [0.2, 0.25) is 0 Å². The van der Waals surface area contributed by atoms with Gasteiger partial charge in [-0.15, -0.1) is 5.10 Å². The second-order valence-electron chi connectivity index (χ2n) is 9.77. The largest absolute Gasteiger partial charge is 0.369 e. The van der Waals surface area contributed by atoms with E-state index >= 15 is 0 Å². The van der Waals surface area contributed by atoms with E-state index in [2.05, 4.69) is 17.1 Å². The van der Waals surface area contributed by atoms with Gasteiger partial charge in [-0.1, -0.05) is 71.1 Å². The second kappa shape index (κ2) is 9.93. The molecule has 0 saturated heterocycles. The Morgan fingerprint density at radius 3 is 1.96 bits per heavy atom. The number of hydrogen-bond donors (Lipinski definition) is 2. The number of nitrogens with zero attached hydrogens (tertiary/aromatic N) is 2. The summed E-state index contributed by atoms with van der Waals surface area (Å²) in [5.74, 6) is 2.63. The molecule has 4 heteroatoms. The van der Waals surface area contributed by atoms with E-state index in [4.69, 9.17) is 11.5 Å². The SMILES string of the molecule is CCCCCCCCCCCCC12C[C@@H]3CC(C[C@@H](C3)C1)/C2=N\N=C(N)N. The van der Waals surface area contributed by atoms with Crippen molar-refractivity contribution in [3.05, 3.63) is 0 Å². The molecule has 0 amide bonds. The monoisotopic (exact) mass is 374 g/mol. The Hall–Kier alpha value is -1.06. The van der Waals surface area contributed by atoms with Crippen LogP contribution >= 0.6 is 0 Å². The average Bonchev–Trinajstić information content (AvgIpc) is 2.62. The van der Waals surface area contributed by atoms with Gasteiger partial charge in [0, 0.05) is 17.0 Å². The lowest BCUT2D eigenvalue weighted by Gasteiger charge is -2.57. The molecule has 2 unspecified atom stereocenters. The number of nitrogens with two attached hydrogens (primary N) is 2. The van der Waals surface area contributed by atoms with Gasteiger partial charge in [-0.25, -0.2) is 0 Å². The minimum Gasteiger partial charge on any atom is -0.369 e. The third-order valence-corrected chi connectivity index (χ3v) is 7.47. The molecule has 4 atom stereocenters. The molecule has 4 aliphatic rings. The van der Waals surface area contributed by atoms with Crippen LogP contribution in [0, 0.1) is 23.2 Å². The van der Waals surface area contributed by atoms with E-state index in [1.807, 2.05) is 0 Å². The van der Waals surface area contributed by atoms with Crippen LogP contribution in [0.25, 0.3) is 0 Å². The highest BCUT2D eigenvalue weighted by atomic mass is 15.3. The van der Waals surface area contributed by atoms with Gasteiger partial charge in [0.15, 0.2) is 0 Å². The molecule has 0 spiro atoms. The fourth-order valence-electron chi connectivity index (χ4n) is 6.53. The van der Waals surface area contributed by atoms with Crippen molar-refractivity contribution in [2.24, 2.45) is 44.8 Å². The van der Waals surface area contributed by atoms with Crippen molar-refractivity contribution >= 4 is 11.7 Å². The predicted octanol–water partition coefficient (Wildman–Crippen LogP) is 5.75. The Morgan fingerprint density at radius 1 is 0.852 bits per heavy atom. The number of rotatable bonds is 12. The minimum absolute atomic E-state index is 0.102. The lowest BCUT2D eigenvalue weighted by atomic mass is 9.47. The van der Waals surface area contributed by atoms with Gasteiger partial charge < -0.3 is 11.5 Å². The molecular weight excluding hydrogens is 332 g/mol. The highest BCUT2D eigenvalue weighted by Gasteiger charge is 2.54. The maximum absolute atomic E-state index is 5.57. The van der Waals surface area contributed by atoms with Crippen LogP contribution < -0.4 is 11.5 Å². The van der Waals surface area contributed by atoms with Gasteiger partial charge in [0.05, 0.1) is 0 Å². The van der Waals surface area contributed by atoms with Gasteiger partial charge in [0.1, 0.15) is 0 Å². The topological polar surface area (TPSA) is 76.8 Å². The summed E-state index contributed by atoms with van der Waals surface area (Å²) in [5, 5.41) is 8.69. The quantitative estimate of drug-likeness (QED) is 0.197. The van der Waals surface area contributed by atoms with Crippen LogP contribution in [0.15, 0.2) is 10.2 Å². The first-order valence-electron chi connectivity index (χ1n) is 11.8. The van der Waals surface area contributed by atoms with E-state index in [9.17, 15) is 0 Å². The van der Waals surface area contributed by atoms with Gasteiger partial charge in [0.25, 0.3) is 0 Å². The predicted molar refractivity (Wildman–Crippen MR) is 116 cm³/mol. The normalized spacial score (nSPS) is 32.9. The van der Waals surface area contributed by atoms with Crippen LogP contribution in [0.1, 0.15) is 110 Å². The molecule has 4 N–H and O–H groups in total. The summed E-state index contributed by atoms with van der Waals surface area (Å²) in [6.07, 6.45) is 22.2. The molecule has 4 bridgehead atoms. The van der Waals surface area contributed by atoms with Crippen molar-refractivity contribution in [2.45, 2.75) is 110 Å². The first kappa shape index (κ1) is 20.7. The molecule has 154 valence electrons. The summed E-state index contributed by atoms with van der Waals surface area (Å²) in [7, 11) is 0. The molecule has 4 aliphatic carbocycles. The summed E-state index contributed by atoms with van der Waals surface area (Å²) in [6.45, 7) is 2.29. The Kier molecular flexibility index (Phi) is 7.60. The minimum atomic E-state index is 0.102. The van der Waals surface area contributed by atoms with Crippen molar-refractivity contribution in [3.63, 3.8) is 0 Å². The molecule has 0 radical (unpaired) electrons. The zero-order chi connectivity index (χ0) is 19.1. The number of hydrogen-bond acceptors (Lipinski definition) is 2. The van der Waals surface area contributed by atoms with E-state index < -0.39 is 0 Å². The Bertz CT molecular complexity index is 506. The molecule has 4 rings (SSSR count). The fourth-order valence-corrected chi connectivity index (χ4v) is 6.53. The van der Waals surface area contributed by atoms with Crippen LogP contribution in [0.3, 0.4) is 0 Å². The molecule has 27 heavy (non-hydrogen) atoms. The first-order valence-corrected chi connectivity index (χ1v) is 11.8. The van der Waals surface area contributed by atoms with Crippen LogP contribution in [0.5, 0.6) is 0 Å². The van der Waals surface area contributed by atoms with Gasteiger partial charge in [-0.2, -0.15) is 5.10 Å². The average molecular weight is 375 g/mol. The van der Waals surface area contributed by atoms with Gasteiger partial charge in [0.2, 0.25) is 5.96 Å². The van der Waals surface area contributed by atoms with Gasteiger partial charge in [-0.3, -0.25) is 0 Å². The van der Waals surface area contributed by atoms with Crippen molar-refractivity contribution in [2.75, 3.05) is 0 Å². The standard InChI is InChI=1S/C23H42N4/c1-2-3-4-5-6-7-8-9-10-11-12-23-16-18-13-19(17-23)15-20(14-18)21(23)26-27-22(24)25/h18-20H,2-17H2,1H3,(H4,24,25,27)/b26-21+/t18-,19+,20?,23?. The maximum Gasteiger partial charge on any atom is 0.211 e. The summed E-state index contributed by atoms with van der Waals surface area (Å²) in [5.41, 5.74) is 12.8. The molecule has 0 aromatic heterocycles. The lowest BCUT2D eigenvalue weighted by molar-refractivity contribution is 0.0399. The Balaban J connectivity index is 1.43. The molecule has 0 aliphatic heterocycles. The molecule has 4 saturated carbocycles. The van der Waals surface area contributed by atoms with Crippen molar-refractivity contribution in [1.82, 2.24) is 0 Å². The van der Waals surface area contributed by atoms with E-state index in [-0.39, 0.29) is 5.96 Å². The Morgan fingerprint density at radius 2 is 1.41 bits per heavy atom. The van der Waals surface area contributed by atoms with E-state index in [0.29, 0.717) is 11.3 Å². The fraction of sp³-hybridized carbons (Fsp3) is 0.913. The Labute approximate surface area is 166 Å². The van der Waals surface area contributed by atoms with Crippen molar-refractivity contribution in [1.29, 1.82) is 0 Å². The van der Waals surface area contributed by atoms with Crippen molar-refractivity contribution in [3.8, 4) is 0 Å². The highest BCUT2D eigenvalue weighted by Crippen LogP contribution is 2.60. The molecule has 0 aromatic carbocycles. The first-order chi connectivity index (χ1) is 13.1. The lowest BCUT2D eigenvalue weighted by Crippen LogP contribution is -2.53. The second-order valence-corrected chi connectivity index (χ2v) is 9.77. The smallest absolute Gasteiger partial charge is 0.211 e. The summed E-state index contributed by atoms with van der Waals surface area (Å²) >= 11 is 0. The molecule has 0 heterocycles. The zero-order valence-corrected chi connectivity index (χ0v) is 17.6. The summed E-state index contributed by atoms with van der Waals surface area (Å²) in [6, 6.07) is 0. The van der Waals surface area contributed by atoms with Gasteiger partial charge >= 0.3 is 0 Å². The molecule has 4 fully saturated rings. The van der Waals surface area contributed by atoms with E-state index in [0.717, 1.165) is 11.8 Å². The molecule has 0 aromatic rings. The highest BCUT2D eigenvalue weighted by molar-refractivity contribution is 5.94. The van der Waals surface area contributed by atoms with Gasteiger partial charge in [-0.05, 0) is 50.4 Å². The number of guanidine groups is 1. The number of unbranched alkanes of at least 4 members (excludes halogenated alkanes) is 9. The van der Waals surface area contributed by atoms with Crippen molar-refractivity contribution < 1.29 is 0 Å². The van der Waals surface area contributed by atoms with E-state index in [1.165, 1.54) is 108 Å². The van der Waals surface area contributed by atoms with Crippen LogP contribution in [-0.4, -0.2) is 11.7 Å². The maximum atomic E-state index is 5.57. The van der Waals surface area contributed by atoms with Crippen LogP contribution in [-0.2, 0) is 0 Å². The molecular formula is C23H42N4. The molecule has 4 nitrogen and oxygen atoms in total. The zero-order valence-electron chi connectivity index (χ0n) is 17.6. The van der Waals surface area contributed by atoms with Crippen LogP contribution in [0.4, 0.5) is 0 Å². The summed E-state index contributed by atoms with van der Waals surface area (Å²) < 4.78 is 0. The third-order valence-electron chi connectivity index (χ3n) is 7.47. The summed E-state index contributed by atoms with van der Waals surface area (Å²) in [4.78, 5) is 0. The van der Waals surface area contributed by atoms with E-state index in [1.54, 1.807) is 0 Å².